The Morgan fingerprint density at radius 2 is 2.60 bits per heavy atom. The maximum atomic E-state index is 10.8. The topological polar surface area (TPSA) is 65.8 Å². The van der Waals surface area contributed by atoms with Gasteiger partial charge in [0, 0.05) is 4.91 Å². The number of rotatable bonds is 1. The van der Waals surface area contributed by atoms with Gasteiger partial charge in [0.2, 0.25) is 5.91 Å². The van der Waals surface area contributed by atoms with Gasteiger partial charge in [-0.15, -0.1) is 0 Å². The van der Waals surface area contributed by atoms with Gasteiger partial charge in [-0.25, -0.2) is 0 Å². The molecule has 1 heterocycles. The molecule has 1 rings (SSSR count). The number of azide groups is 1. The summed E-state index contributed by atoms with van der Waals surface area (Å²) in [6, 6.07) is 0. The zero-order valence-corrected chi connectivity index (χ0v) is 6.17. The van der Waals surface area contributed by atoms with Gasteiger partial charge in [0.25, 0.3) is 0 Å². The molecule has 1 fully saturated rings. The van der Waals surface area contributed by atoms with Crippen LogP contribution in [0.25, 0.3) is 10.4 Å². The van der Waals surface area contributed by atoms with Gasteiger partial charge in [0.1, 0.15) is 0 Å². The summed E-state index contributed by atoms with van der Waals surface area (Å²) in [5, 5.41) is 2.97. The van der Waals surface area contributed by atoms with E-state index in [1.165, 1.54) is 0 Å². The van der Waals surface area contributed by atoms with Crippen molar-refractivity contribution >= 4 is 17.7 Å². The summed E-state index contributed by atoms with van der Waals surface area (Å²) in [4.78, 5) is 13.2. The molecule has 1 aliphatic heterocycles. The first-order valence-corrected chi connectivity index (χ1v) is 4.10. The Hall–Kier alpha value is -0.670. The fraction of sp³-hybridized carbons (Fsp3) is 0.800. The molecule has 54 valence electrons. The van der Waals surface area contributed by atoms with Crippen LogP contribution in [0.2, 0.25) is 0 Å². The van der Waals surface area contributed by atoms with E-state index in [1.807, 2.05) is 0 Å². The minimum atomic E-state index is -0.315. The molecule has 4 nitrogen and oxygen atoms in total. The molecule has 0 bridgehead atoms. The Bertz CT molecular complexity index is 181. The van der Waals surface area contributed by atoms with E-state index in [4.69, 9.17) is 5.53 Å². The Kier molecular flexibility index (Phi) is 2.59. The van der Waals surface area contributed by atoms with Crippen LogP contribution in [0, 0.1) is 0 Å². The Morgan fingerprint density at radius 3 is 3.10 bits per heavy atom. The molecule has 5 heteroatoms. The fourth-order valence-corrected chi connectivity index (χ4v) is 2.02. The van der Waals surface area contributed by atoms with Crippen LogP contribution in [-0.2, 0) is 4.79 Å². The monoisotopic (exact) mass is 157 g/mol. The van der Waals surface area contributed by atoms with E-state index < -0.39 is 0 Å². The predicted octanol–water partition coefficient (Wildman–Crippen LogP) is 1.72. The molecule has 0 aromatic rings. The van der Waals surface area contributed by atoms with E-state index in [0.717, 1.165) is 18.6 Å². The maximum Gasteiger partial charge on any atom is 0.231 e. The predicted molar refractivity (Wildman–Crippen MR) is 39.6 cm³/mol. The molecule has 1 amide bonds. The Morgan fingerprint density at radius 1 is 1.80 bits per heavy atom. The molecule has 1 saturated heterocycles. The lowest BCUT2D eigenvalue weighted by atomic mass is 10.2. The van der Waals surface area contributed by atoms with Crippen molar-refractivity contribution in [3.63, 3.8) is 0 Å². The van der Waals surface area contributed by atoms with Gasteiger partial charge >= 0.3 is 0 Å². The van der Waals surface area contributed by atoms with Crippen molar-refractivity contribution in [1.29, 1.82) is 0 Å². The van der Waals surface area contributed by atoms with Crippen LogP contribution in [0.3, 0.4) is 0 Å². The van der Waals surface area contributed by atoms with Gasteiger partial charge in [-0.2, -0.15) is 11.8 Å². The third kappa shape index (κ3) is 1.65. The van der Waals surface area contributed by atoms with E-state index in [2.05, 4.69) is 10.0 Å². The zero-order chi connectivity index (χ0) is 7.40. The summed E-state index contributed by atoms with van der Waals surface area (Å²) in [6.07, 6.45) is 1.92. The van der Waals surface area contributed by atoms with Crippen LogP contribution in [0.4, 0.5) is 0 Å². The second-order valence-corrected chi connectivity index (χ2v) is 3.34. The first-order valence-electron chi connectivity index (χ1n) is 3.05. The average Bonchev–Trinajstić information content (AvgIpc) is 2.38. The lowest BCUT2D eigenvalue weighted by molar-refractivity contribution is -0.117. The number of hydrogen-bond donors (Lipinski definition) is 0. The first kappa shape index (κ1) is 7.44. The number of nitrogens with zero attached hydrogens (tertiary/aromatic N) is 3. The SMILES string of the molecule is [N-]=[N+]=NC(=O)C1CCCS1. The van der Waals surface area contributed by atoms with Crippen molar-refractivity contribution in [2.45, 2.75) is 18.1 Å². The zero-order valence-electron chi connectivity index (χ0n) is 5.36. The second kappa shape index (κ2) is 3.49. The van der Waals surface area contributed by atoms with Gasteiger partial charge in [-0.05, 0) is 29.2 Å². The second-order valence-electron chi connectivity index (χ2n) is 2.03. The fourth-order valence-electron chi connectivity index (χ4n) is 0.881. The van der Waals surface area contributed by atoms with Crippen LogP contribution in [0.5, 0.6) is 0 Å². The molecule has 0 aromatic carbocycles. The van der Waals surface area contributed by atoms with Gasteiger partial charge in [0.05, 0.1) is 5.25 Å². The number of carbonyl (C=O) groups excluding carboxylic acids is 1. The van der Waals surface area contributed by atoms with Crippen molar-refractivity contribution in [2.75, 3.05) is 5.75 Å². The highest BCUT2D eigenvalue weighted by Crippen LogP contribution is 2.26. The minimum absolute atomic E-state index is 0.0594. The highest BCUT2D eigenvalue weighted by atomic mass is 32.2. The molecule has 0 aromatic heterocycles. The molecule has 0 spiro atoms. The van der Waals surface area contributed by atoms with Crippen molar-refractivity contribution in [3.8, 4) is 0 Å². The van der Waals surface area contributed by atoms with E-state index in [1.54, 1.807) is 11.8 Å². The highest BCUT2D eigenvalue weighted by Gasteiger charge is 2.21. The summed E-state index contributed by atoms with van der Waals surface area (Å²) in [6.45, 7) is 0. The number of thioether (sulfide) groups is 1. The van der Waals surface area contributed by atoms with Crippen LogP contribution in [0.15, 0.2) is 5.11 Å². The molecular formula is C5H7N3OS. The minimum Gasteiger partial charge on any atom is -0.291 e. The van der Waals surface area contributed by atoms with Gasteiger partial charge in [-0.1, -0.05) is 0 Å². The lowest BCUT2D eigenvalue weighted by Gasteiger charge is -1.98. The van der Waals surface area contributed by atoms with E-state index in [0.29, 0.717) is 0 Å². The van der Waals surface area contributed by atoms with Crippen LogP contribution in [-0.4, -0.2) is 16.9 Å². The van der Waals surface area contributed by atoms with E-state index in [9.17, 15) is 4.79 Å². The molecule has 0 saturated carbocycles. The number of hydrogen-bond acceptors (Lipinski definition) is 2. The van der Waals surface area contributed by atoms with Gasteiger partial charge in [-0.3, -0.25) is 4.79 Å². The van der Waals surface area contributed by atoms with Crippen molar-refractivity contribution < 1.29 is 4.79 Å². The van der Waals surface area contributed by atoms with Gasteiger partial charge < -0.3 is 0 Å². The molecule has 1 unspecified atom stereocenters. The van der Waals surface area contributed by atoms with Crippen molar-refractivity contribution in [3.05, 3.63) is 10.4 Å². The van der Waals surface area contributed by atoms with Crippen LogP contribution < -0.4 is 0 Å². The van der Waals surface area contributed by atoms with E-state index >= 15 is 0 Å². The van der Waals surface area contributed by atoms with Crippen molar-refractivity contribution in [2.24, 2.45) is 5.11 Å². The molecular weight excluding hydrogens is 150 g/mol. The largest absolute Gasteiger partial charge is 0.291 e. The molecule has 1 aliphatic rings. The summed E-state index contributed by atoms with van der Waals surface area (Å²) < 4.78 is 0. The first-order chi connectivity index (χ1) is 4.84. The quantitative estimate of drug-likeness (QED) is 0.330. The smallest absolute Gasteiger partial charge is 0.231 e. The molecule has 0 aliphatic carbocycles. The van der Waals surface area contributed by atoms with E-state index in [-0.39, 0.29) is 11.2 Å². The molecule has 1 atom stereocenters. The summed E-state index contributed by atoms with van der Waals surface area (Å²) in [5.41, 5.74) is 7.93. The molecule has 0 N–H and O–H groups in total. The summed E-state index contributed by atoms with van der Waals surface area (Å²) >= 11 is 1.58. The third-order valence-electron chi connectivity index (χ3n) is 1.35. The summed E-state index contributed by atoms with van der Waals surface area (Å²) in [7, 11) is 0. The average molecular weight is 157 g/mol. The lowest BCUT2D eigenvalue weighted by Crippen LogP contribution is -2.09. The highest BCUT2D eigenvalue weighted by molar-refractivity contribution is 8.00. The molecule has 0 radical (unpaired) electrons. The van der Waals surface area contributed by atoms with Crippen LogP contribution >= 0.6 is 11.8 Å². The van der Waals surface area contributed by atoms with Gasteiger partial charge in [0.15, 0.2) is 0 Å². The summed E-state index contributed by atoms with van der Waals surface area (Å²) in [5.74, 6) is 0.696. The third-order valence-corrected chi connectivity index (χ3v) is 2.71. The standard InChI is InChI=1S/C5H7N3OS/c6-8-7-5(9)4-2-1-3-10-4/h4H,1-3H2. The molecule has 10 heavy (non-hydrogen) atoms. The van der Waals surface area contributed by atoms with Crippen molar-refractivity contribution in [1.82, 2.24) is 0 Å². The Balaban J connectivity index is 2.47. The number of amides is 1. The van der Waals surface area contributed by atoms with Crippen LogP contribution in [0.1, 0.15) is 12.8 Å². The maximum absolute atomic E-state index is 10.8. The number of carbonyl (C=O) groups is 1. The normalized spacial score (nSPS) is 23.8. The Labute approximate surface area is 62.6 Å².